The number of aliphatic hydroxyl groups is 1. The highest BCUT2D eigenvalue weighted by molar-refractivity contribution is 7.03. The van der Waals surface area contributed by atoms with E-state index < -0.39 is 5.60 Å². The van der Waals surface area contributed by atoms with E-state index in [2.05, 4.69) is 16.3 Å². The van der Waals surface area contributed by atoms with Crippen LogP contribution in [-0.2, 0) is 5.60 Å². The average molecular weight is 198 g/mol. The van der Waals surface area contributed by atoms with Gasteiger partial charge in [0.15, 0.2) is 0 Å². The van der Waals surface area contributed by atoms with Gasteiger partial charge < -0.3 is 10.0 Å². The number of nitrogens with zero attached hydrogens (tertiary/aromatic N) is 2. The van der Waals surface area contributed by atoms with Crippen molar-refractivity contribution in [1.29, 1.82) is 0 Å². The predicted octanol–water partition coefficient (Wildman–Crippen LogP) is 1.06. The minimum atomic E-state index is -0.660. The van der Waals surface area contributed by atoms with Crippen LogP contribution in [0.3, 0.4) is 0 Å². The Hall–Kier alpha value is -0.450. The van der Waals surface area contributed by atoms with E-state index in [1.165, 1.54) is 11.5 Å². The fourth-order valence-electron chi connectivity index (χ4n) is 1.70. The van der Waals surface area contributed by atoms with Crippen LogP contribution in [0.4, 0.5) is 0 Å². The van der Waals surface area contributed by atoms with Crippen LogP contribution >= 0.6 is 11.5 Å². The standard InChI is InChI=1S/C9H14N2OS/c1-11-5-3-9(12,4-6-11)8-2-7-13-10-8/h2,7,12H,3-6H2,1H3. The fourth-order valence-corrected chi connectivity index (χ4v) is 2.29. The molecule has 0 saturated carbocycles. The quantitative estimate of drug-likeness (QED) is 0.733. The summed E-state index contributed by atoms with van der Waals surface area (Å²) in [5.74, 6) is 0. The number of hydrogen-bond acceptors (Lipinski definition) is 4. The van der Waals surface area contributed by atoms with Crippen LogP contribution in [0.15, 0.2) is 11.4 Å². The van der Waals surface area contributed by atoms with Gasteiger partial charge in [0, 0.05) is 18.5 Å². The molecule has 0 unspecified atom stereocenters. The molecule has 13 heavy (non-hydrogen) atoms. The maximum Gasteiger partial charge on any atom is 0.110 e. The second kappa shape index (κ2) is 3.36. The second-order valence-electron chi connectivity index (χ2n) is 3.72. The third kappa shape index (κ3) is 1.75. The number of likely N-dealkylation sites (tertiary alicyclic amines) is 1. The molecule has 2 rings (SSSR count). The minimum absolute atomic E-state index is 0.660. The molecule has 1 N–H and O–H groups in total. The smallest absolute Gasteiger partial charge is 0.110 e. The Bertz CT molecular complexity index is 265. The van der Waals surface area contributed by atoms with E-state index in [1.807, 2.05) is 11.4 Å². The van der Waals surface area contributed by atoms with Gasteiger partial charge in [0.05, 0.1) is 5.69 Å². The lowest BCUT2D eigenvalue weighted by atomic mass is 9.88. The molecule has 0 amide bonds. The van der Waals surface area contributed by atoms with Crippen LogP contribution in [0.25, 0.3) is 0 Å². The van der Waals surface area contributed by atoms with Gasteiger partial charge in [0.2, 0.25) is 0 Å². The lowest BCUT2D eigenvalue weighted by Gasteiger charge is -2.35. The molecule has 0 bridgehead atoms. The fraction of sp³-hybridized carbons (Fsp3) is 0.667. The summed E-state index contributed by atoms with van der Waals surface area (Å²) in [6.07, 6.45) is 1.60. The summed E-state index contributed by atoms with van der Waals surface area (Å²) >= 11 is 1.41. The Kier molecular flexibility index (Phi) is 2.36. The maximum atomic E-state index is 10.3. The molecule has 3 nitrogen and oxygen atoms in total. The molecule has 0 spiro atoms. The molecule has 4 heteroatoms. The Labute approximate surface area is 82.2 Å². The van der Waals surface area contributed by atoms with Gasteiger partial charge in [0.1, 0.15) is 5.60 Å². The molecule has 2 heterocycles. The number of piperidine rings is 1. The van der Waals surface area contributed by atoms with Gasteiger partial charge in [-0.2, -0.15) is 4.37 Å². The molecule has 1 fully saturated rings. The third-order valence-electron chi connectivity index (χ3n) is 2.73. The summed E-state index contributed by atoms with van der Waals surface area (Å²) in [6.45, 7) is 1.90. The van der Waals surface area contributed by atoms with Crippen molar-refractivity contribution in [2.24, 2.45) is 0 Å². The molecular weight excluding hydrogens is 184 g/mol. The highest BCUT2D eigenvalue weighted by Gasteiger charge is 2.34. The predicted molar refractivity (Wildman–Crippen MR) is 52.7 cm³/mol. The summed E-state index contributed by atoms with van der Waals surface area (Å²) in [5, 5.41) is 12.2. The van der Waals surface area contributed by atoms with E-state index >= 15 is 0 Å². The highest BCUT2D eigenvalue weighted by Crippen LogP contribution is 2.31. The SMILES string of the molecule is CN1CCC(O)(c2ccsn2)CC1. The molecule has 1 aromatic heterocycles. The first-order valence-corrected chi connectivity index (χ1v) is 5.36. The van der Waals surface area contributed by atoms with Crippen LogP contribution in [0.2, 0.25) is 0 Å². The minimum Gasteiger partial charge on any atom is -0.383 e. The Morgan fingerprint density at radius 1 is 1.54 bits per heavy atom. The van der Waals surface area contributed by atoms with Gasteiger partial charge in [-0.05, 0) is 37.5 Å². The monoisotopic (exact) mass is 198 g/mol. The first-order chi connectivity index (χ1) is 6.21. The average Bonchev–Trinajstić information content (AvgIpc) is 2.63. The number of rotatable bonds is 1. The van der Waals surface area contributed by atoms with E-state index in [1.54, 1.807) is 0 Å². The van der Waals surface area contributed by atoms with Crippen LogP contribution in [0.5, 0.6) is 0 Å². The number of aromatic nitrogens is 1. The maximum absolute atomic E-state index is 10.3. The van der Waals surface area contributed by atoms with E-state index in [0.29, 0.717) is 0 Å². The molecule has 0 aromatic carbocycles. The van der Waals surface area contributed by atoms with E-state index in [9.17, 15) is 5.11 Å². The van der Waals surface area contributed by atoms with Crippen molar-refractivity contribution in [2.45, 2.75) is 18.4 Å². The summed E-state index contributed by atoms with van der Waals surface area (Å²) in [7, 11) is 2.08. The van der Waals surface area contributed by atoms with Crippen LogP contribution < -0.4 is 0 Å². The Balaban J connectivity index is 2.13. The molecule has 1 saturated heterocycles. The third-order valence-corrected chi connectivity index (χ3v) is 3.29. The lowest BCUT2D eigenvalue weighted by molar-refractivity contribution is -0.0231. The molecule has 1 aromatic rings. The van der Waals surface area contributed by atoms with E-state index in [4.69, 9.17) is 0 Å². The second-order valence-corrected chi connectivity index (χ2v) is 4.39. The van der Waals surface area contributed by atoms with Gasteiger partial charge >= 0.3 is 0 Å². The Morgan fingerprint density at radius 2 is 2.23 bits per heavy atom. The molecule has 0 aliphatic carbocycles. The zero-order valence-electron chi connectivity index (χ0n) is 7.73. The molecule has 1 aliphatic heterocycles. The molecule has 0 radical (unpaired) electrons. The highest BCUT2D eigenvalue weighted by atomic mass is 32.1. The summed E-state index contributed by atoms with van der Waals surface area (Å²) in [6, 6.07) is 1.93. The largest absolute Gasteiger partial charge is 0.383 e. The molecule has 0 atom stereocenters. The van der Waals surface area contributed by atoms with Gasteiger partial charge in [0.25, 0.3) is 0 Å². The van der Waals surface area contributed by atoms with Crippen LogP contribution in [-0.4, -0.2) is 34.5 Å². The normalized spacial score (nSPS) is 23.2. The molecule has 1 aliphatic rings. The zero-order chi connectivity index (χ0) is 9.31. The topological polar surface area (TPSA) is 36.4 Å². The zero-order valence-corrected chi connectivity index (χ0v) is 8.55. The van der Waals surface area contributed by atoms with Crippen molar-refractivity contribution in [2.75, 3.05) is 20.1 Å². The van der Waals surface area contributed by atoms with Gasteiger partial charge in [-0.3, -0.25) is 0 Å². The first-order valence-electron chi connectivity index (χ1n) is 4.52. The van der Waals surface area contributed by atoms with Crippen molar-refractivity contribution in [3.63, 3.8) is 0 Å². The summed E-state index contributed by atoms with van der Waals surface area (Å²) in [4.78, 5) is 2.24. The summed E-state index contributed by atoms with van der Waals surface area (Å²) < 4.78 is 4.21. The van der Waals surface area contributed by atoms with Crippen molar-refractivity contribution in [3.05, 3.63) is 17.1 Å². The molecule has 72 valence electrons. The lowest BCUT2D eigenvalue weighted by Crippen LogP contribution is -2.40. The van der Waals surface area contributed by atoms with Crippen LogP contribution in [0, 0.1) is 0 Å². The van der Waals surface area contributed by atoms with Gasteiger partial charge in [-0.1, -0.05) is 0 Å². The van der Waals surface area contributed by atoms with Crippen molar-refractivity contribution in [3.8, 4) is 0 Å². The Morgan fingerprint density at radius 3 is 2.77 bits per heavy atom. The van der Waals surface area contributed by atoms with E-state index in [-0.39, 0.29) is 0 Å². The van der Waals surface area contributed by atoms with E-state index in [0.717, 1.165) is 31.6 Å². The molecular formula is C9H14N2OS. The van der Waals surface area contributed by atoms with Gasteiger partial charge in [-0.25, -0.2) is 0 Å². The number of hydrogen-bond donors (Lipinski definition) is 1. The van der Waals surface area contributed by atoms with Crippen LogP contribution in [0.1, 0.15) is 18.5 Å². The van der Waals surface area contributed by atoms with Crippen molar-refractivity contribution in [1.82, 2.24) is 9.27 Å². The first kappa shape index (κ1) is 9.12. The van der Waals surface area contributed by atoms with Gasteiger partial charge in [-0.15, -0.1) is 0 Å². The van der Waals surface area contributed by atoms with Crippen molar-refractivity contribution >= 4 is 11.5 Å². The van der Waals surface area contributed by atoms with Crippen molar-refractivity contribution < 1.29 is 5.11 Å². The summed E-state index contributed by atoms with van der Waals surface area (Å²) in [5.41, 5.74) is 0.192.